The molecule has 0 saturated carbocycles. The first-order valence-corrected chi connectivity index (χ1v) is 9.79. The van der Waals surface area contributed by atoms with Crippen LogP contribution in [0.25, 0.3) is 10.8 Å². The van der Waals surface area contributed by atoms with Gasteiger partial charge in [0.1, 0.15) is 0 Å². The van der Waals surface area contributed by atoms with Gasteiger partial charge in [0.2, 0.25) is 0 Å². The Morgan fingerprint density at radius 1 is 1.03 bits per heavy atom. The first kappa shape index (κ1) is 21.9. The fraction of sp³-hybridized carbons (Fsp3) is 0.273. The Bertz CT molecular complexity index is 1180. The third-order valence-electron chi connectivity index (χ3n) is 4.43. The van der Waals surface area contributed by atoms with Gasteiger partial charge in [0.15, 0.2) is 23.4 Å². The number of hydrogen-bond donors (Lipinski definition) is 2. The van der Waals surface area contributed by atoms with Gasteiger partial charge in [-0.1, -0.05) is 44.2 Å². The molecule has 1 heterocycles. The predicted octanol–water partition coefficient (Wildman–Crippen LogP) is 2.42. The molecule has 3 rings (SSSR count). The van der Waals surface area contributed by atoms with Crippen molar-refractivity contribution in [3.05, 3.63) is 70.4 Å². The Labute approximate surface area is 178 Å². The number of rotatable bonds is 6. The Kier molecular flexibility index (Phi) is 6.64. The fourth-order valence-electron chi connectivity index (χ4n) is 2.94. The second kappa shape index (κ2) is 9.38. The number of hydrazine groups is 1. The highest BCUT2D eigenvalue weighted by Crippen LogP contribution is 2.17. The zero-order valence-electron chi connectivity index (χ0n) is 17.4. The van der Waals surface area contributed by atoms with Gasteiger partial charge in [-0.15, -0.1) is 0 Å². The summed E-state index contributed by atoms with van der Waals surface area (Å²) in [6, 6.07) is 12.3. The van der Waals surface area contributed by atoms with Crippen molar-refractivity contribution in [3.8, 4) is 5.75 Å². The molecule has 9 heteroatoms. The lowest BCUT2D eigenvalue weighted by atomic mass is 10.1. The first-order chi connectivity index (χ1) is 14.8. The van der Waals surface area contributed by atoms with Crippen molar-refractivity contribution in [2.45, 2.75) is 33.4 Å². The summed E-state index contributed by atoms with van der Waals surface area (Å²) in [5.41, 5.74) is 4.23. The second-order valence-electron chi connectivity index (χ2n) is 7.41. The van der Waals surface area contributed by atoms with Crippen LogP contribution in [0.1, 0.15) is 31.3 Å². The summed E-state index contributed by atoms with van der Waals surface area (Å²) >= 11 is 0. The number of ether oxygens (including phenoxy) is 1. The van der Waals surface area contributed by atoms with Gasteiger partial charge in [0.25, 0.3) is 17.4 Å². The zero-order chi connectivity index (χ0) is 22.5. The summed E-state index contributed by atoms with van der Waals surface area (Å²) in [6.45, 7) is 5.62. The van der Waals surface area contributed by atoms with Crippen molar-refractivity contribution in [2.75, 3.05) is 0 Å². The van der Waals surface area contributed by atoms with Gasteiger partial charge in [0.05, 0.1) is 5.39 Å². The summed E-state index contributed by atoms with van der Waals surface area (Å²) in [4.78, 5) is 37.7. The minimum Gasteiger partial charge on any atom is -0.478 e. The highest BCUT2D eigenvalue weighted by molar-refractivity contribution is 6.05. The van der Waals surface area contributed by atoms with E-state index in [0.29, 0.717) is 17.3 Å². The average Bonchev–Trinajstić information content (AvgIpc) is 2.75. The molecule has 0 aliphatic carbocycles. The molecule has 3 aromatic rings. The van der Waals surface area contributed by atoms with Gasteiger partial charge < -0.3 is 4.74 Å². The quantitative estimate of drug-likeness (QED) is 0.590. The lowest BCUT2D eigenvalue weighted by Gasteiger charge is -2.16. The minimum absolute atomic E-state index is 0.00109. The van der Waals surface area contributed by atoms with E-state index in [9.17, 15) is 18.8 Å². The highest BCUT2D eigenvalue weighted by atomic mass is 19.1. The van der Waals surface area contributed by atoms with Gasteiger partial charge in [-0.25, -0.2) is 9.07 Å². The smallest absolute Gasteiger partial charge is 0.290 e. The van der Waals surface area contributed by atoms with E-state index in [-0.39, 0.29) is 22.9 Å². The van der Waals surface area contributed by atoms with Gasteiger partial charge in [0, 0.05) is 11.9 Å². The van der Waals surface area contributed by atoms with E-state index in [2.05, 4.69) is 16.0 Å². The number of para-hydroxylation sites is 1. The van der Waals surface area contributed by atoms with E-state index >= 15 is 0 Å². The molecule has 0 bridgehead atoms. The maximum absolute atomic E-state index is 13.7. The summed E-state index contributed by atoms with van der Waals surface area (Å²) < 4.78 is 20.2. The fourth-order valence-corrected chi connectivity index (χ4v) is 2.94. The highest BCUT2D eigenvalue weighted by Gasteiger charge is 2.20. The molecular formula is C22H23FN4O4. The molecule has 1 atom stereocenters. The monoisotopic (exact) mass is 426 g/mol. The molecule has 0 spiro atoms. The number of carbonyl (C=O) groups is 2. The number of amides is 2. The maximum Gasteiger partial charge on any atom is 0.290 e. The second-order valence-corrected chi connectivity index (χ2v) is 7.41. The topological polar surface area (TPSA) is 102 Å². The Morgan fingerprint density at radius 3 is 2.35 bits per heavy atom. The predicted molar refractivity (Wildman–Crippen MR) is 113 cm³/mol. The zero-order valence-corrected chi connectivity index (χ0v) is 17.4. The lowest BCUT2D eigenvalue weighted by molar-refractivity contribution is -0.128. The molecule has 0 radical (unpaired) electrons. The van der Waals surface area contributed by atoms with Gasteiger partial charge in [-0.2, -0.15) is 5.10 Å². The minimum atomic E-state index is -1.07. The van der Waals surface area contributed by atoms with E-state index in [1.165, 1.54) is 29.8 Å². The molecule has 162 valence electrons. The molecule has 0 fully saturated rings. The van der Waals surface area contributed by atoms with Crippen molar-refractivity contribution in [1.29, 1.82) is 0 Å². The summed E-state index contributed by atoms with van der Waals surface area (Å²) in [7, 11) is 0. The van der Waals surface area contributed by atoms with Crippen molar-refractivity contribution in [2.24, 2.45) is 5.92 Å². The van der Waals surface area contributed by atoms with Crippen molar-refractivity contribution < 1.29 is 18.7 Å². The Hall–Kier alpha value is -3.75. The summed E-state index contributed by atoms with van der Waals surface area (Å²) in [6.07, 6.45) is -1.07. The van der Waals surface area contributed by atoms with Crippen LogP contribution in [0.3, 0.4) is 0 Å². The van der Waals surface area contributed by atoms with E-state index in [1.54, 1.807) is 30.3 Å². The van der Waals surface area contributed by atoms with E-state index < -0.39 is 23.7 Å². The van der Waals surface area contributed by atoms with Gasteiger partial charge in [-0.3, -0.25) is 25.2 Å². The van der Waals surface area contributed by atoms with Crippen LogP contribution >= 0.6 is 0 Å². The molecule has 2 aromatic carbocycles. The lowest BCUT2D eigenvalue weighted by Crippen LogP contribution is -2.47. The normalized spacial score (nSPS) is 11.9. The van der Waals surface area contributed by atoms with Gasteiger partial charge >= 0.3 is 0 Å². The number of nitrogens with zero attached hydrogens (tertiary/aromatic N) is 2. The molecule has 0 saturated heterocycles. The van der Waals surface area contributed by atoms with Crippen LogP contribution in [0.2, 0.25) is 0 Å². The maximum atomic E-state index is 13.7. The average molecular weight is 426 g/mol. The first-order valence-electron chi connectivity index (χ1n) is 9.79. The van der Waals surface area contributed by atoms with E-state index in [4.69, 9.17) is 4.74 Å². The summed E-state index contributed by atoms with van der Waals surface area (Å²) in [5, 5.41) is 4.93. The van der Waals surface area contributed by atoms with Crippen LogP contribution < -0.4 is 21.1 Å². The third kappa shape index (κ3) is 5.06. The molecule has 0 aliphatic rings. The van der Waals surface area contributed by atoms with Crippen LogP contribution in [0.5, 0.6) is 5.75 Å². The number of nitrogens with one attached hydrogen (secondary N) is 2. The van der Waals surface area contributed by atoms with Crippen molar-refractivity contribution >= 4 is 22.6 Å². The van der Waals surface area contributed by atoms with E-state index in [1.807, 2.05) is 13.8 Å². The molecule has 1 aromatic heterocycles. The van der Waals surface area contributed by atoms with Crippen LogP contribution in [0, 0.1) is 11.7 Å². The summed E-state index contributed by atoms with van der Waals surface area (Å²) in [5.74, 6) is -1.92. The molecule has 8 nitrogen and oxygen atoms in total. The molecule has 2 N–H and O–H groups in total. The Morgan fingerprint density at radius 2 is 1.68 bits per heavy atom. The van der Waals surface area contributed by atoms with Crippen LogP contribution in [0.15, 0.2) is 53.3 Å². The van der Waals surface area contributed by atoms with Gasteiger partial charge in [-0.05, 0) is 31.0 Å². The van der Waals surface area contributed by atoms with Crippen LogP contribution in [0.4, 0.5) is 4.39 Å². The number of halogens is 1. The standard InChI is InChI=1S/C22H23FN4O4/c1-13(2)12-27-22(30)16-9-5-4-8-15(16)19(26-27)21(29)25-24-20(28)14(3)31-18-11-7-6-10-17(18)23/h4-11,13-14H,12H2,1-3H3,(H,24,28)(H,25,29). The molecule has 0 aliphatic heterocycles. The number of carbonyl (C=O) groups excluding carboxylic acids is 2. The number of aromatic nitrogens is 2. The third-order valence-corrected chi connectivity index (χ3v) is 4.43. The van der Waals surface area contributed by atoms with E-state index in [0.717, 1.165) is 0 Å². The van der Waals surface area contributed by atoms with Crippen molar-refractivity contribution in [1.82, 2.24) is 20.6 Å². The SMILES string of the molecule is CC(C)Cn1nc(C(=O)NNC(=O)C(C)Oc2ccccc2F)c2ccccc2c1=O. The molecule has 2 amide bonds. The number of fused-ring (bicyclic) bond motifs is 1. The molecular weight excluding hydrogens is 403 g/mol. The van der Waals surface area contributed by atoms with Crippen LogP contribution in [-0.4, -0.2) is 27.7 Å². The largest absolute Gasteiger partial charge is 0.478 e. The molecule has 31 heavy (non-hydrogen) atoms. The van der Waals surface area contributed by atoms with Crippen LogP contribution in [-0.2, 0) is 11.3 Å². The molecule has 1 unspecified atom stereocenters. The number of hydrogen-bond acceptors (Lipinski definition) is 5. The Balaban J connectivity index is 1.77. The number of benzene rings is 2. The van der Waals surface area contributed by atoms with Crippen molar-refractivity contribution in [3.63, 3.8) is 0 Å².